The molecule has 0 aliphatic heterocycles. The number of nitriles is 1. The molecule has 2 aromatic heterocycles. The van der Waals surface area contributed by atoms with Crippen LogP contribution >= 0.6 is 0 Å². The van der Waals surface area contributed by atoms with Gasteiger partial charge in [0, 0.05) is 32.2 Å². The summed E-state index contributed by atoms with van der Waals surface area (Å²) in [7, 11) is 2.00. The molecule has 2 aromatic rings. The molecule has 0 unspecified atom stereocenters. The normalized spacial score (nSPS) is 9.78. The third-order valence-corrected chi connectivity index (χ3v) is 2.75. The van der Waals surface area contributed by atoms with Crippen LogP contribution in [-0.4, -0.2) is 23.6 Å². The van der Waals surface area contributed by atoms with Crippen molar-refractivity contribution >= 4 is 5.82 Å². The van der Waals surface area contributed by atoms with Gasteiger partial charge in [-0.05, 0) is 36.2 Å². The van der Waals surface area contributed by atoms with E-state index in [9.17, 15) is 0 Å². The summed E-state index contributed by atoms with van der Waals surface area (Å²) in [4.78, 5) is 10.3. The summed E-state index contributed by atoms with van der Waals surface area (Å²) in [5.41, 5.74) is 1.84. The Hall–Kier alpha value is -2.41. The topological polar surface area (TPSA) is 52.8 Å². The van der Waals surface area contributed by atoms with E-state index in [0.29, 0.717) is 5.56 Å². The lowest BCUT2D eigenvalue weighted by Crippen LogP contribution is -2.21. The van der Waals surface area contributed by atoms with Crippen molar-refractivity contribution in [2.75, 3.05) is 18.5 Å². The fourth-order valence-electron chi connectivity index (χ4n) is 1.64. The van der Waals surface area contributed by atoms with Gasteiger partial charge < -0.3 is 4.90 Å². The van der Waals surface area contributed by atoms with Crippen LogP contribution in [0.25, 0.3) is 0 Å². The number of nitrogens with zero attached hydrogens (tertiary/aromatic N) is 4. The van der Waals surface area contributed by atoms with Gasteiger partial charge in [-0.15, -0.1) is 0 Å². The summed E-state index contributed by atoms with van der Waals surface area (Å²) in [6.45, 7) is 0.878. The summed E-state index contributed by atoms with van der Waals surface area (Å²) in [6.07, 6.45) is 6.14. The molecule has 0 spiro atoms. The van der Waals surface area contributed by atoms with E-state index in [4.69, 9.17) is 5.26 Å². The summed E-state index contributed by atoms with van der Waals surface area (Å²) in [5.74, 6) is 0.878. The average Bonchev–Trinajstić information content (AvgIpc) is 2.46. The first kappa shape index (κ1) is 12.1. The molecule has 18 heavy (non-hydrogen) atoms. The number of hydrogen-bond acceptors (Lipinski definition) is 4. The Morgan fingerprint density at radius 3 is 2.61 bits per heavy atom. The fraction of sp³-hybridized carbons (Fsp3) is 0.214. The van der Waals surface area contributed by atoms with Crippen molar-refractivity contribution in [1.82, 2.24) is 9.97 Å². The smallest absolute Gasteiger partial charge is 0.128 e. The lowest BCUT2D eigenvalue weighted by atomic mass is 10.2. The second kappa shape index (κ2) is 5.78. The van der Waals surface area contributed by atoms with Gasteiger partial charge >= 0.3 is 0 Å². The van der Waals surface area contributed by atoms with Gasteiger partial charge in [0.15, 0.2) is 0 Å². The predicted octanol–water partition coefficient (Wildman–Crippen LogP) is 2.03. The van der Waals surface area contributed by atoms with Crippen LogP contribution in [0, 0.1) is 11.3 Å². The molecule has 2 heterocycles. The lowest BCUT2D eigenvalue weighted by Gasteiger charge is -2.17. The maximum atomic E-state index is 8.71. The molecule has 90 valence electrons. The van der Waals surface area contributed by atoms with Gasteiger partial charge in [-0.3, -0.25) is 4.98 Å². The zero-order chi connectivity index (χ0) is 12.8. The Kier molecular flexibility index (Phi) is 3.87. The Bertz CT molecular complexity index is 528. The molecule has 4 nitrogen and oxygen atoms in total. The highest BCUT2D eigenvalue weighted by atomic mass is 15.2. The zero-order valence-electron chi connectivity index (χ0n) is 10.2. The molecule has 0 saturated carbocycles. The highest BCUT2D eigenvalue weighted by Gasteiger charge is 2.02. The van der Waals surface area contributed by atoms with Crippen molar-refractivity contribution in [3.8, 4) is 6.07 Å². The van der Waals surface area contributed by atoms with E-state index in [1.54, 1.807) is 24.7 Å². The van der Waals surface area contributed by atoms with Gasteiger partial charge in [0.2, 0.25) is 0 Å². The maximum absolute atomic E-state index is 8.71. The second-order valence-electron chi connectivity index (χ2n) is 4.04. The maximum Gasteiger partial charge on any atom is 0.128 e. The molecule has 0 aliphatic rings. The number of hydrogen-bond donors (Lipinski definition) is 0. The van der Waals surface area contributed by atoms with E-state index in [1.165, 1.54) is 5.56 Å². The van der Waals surface area contributed by atoms with Crippen LogP contribution in [0.1, 0.15) is 11.1 Å². The molecule has 4 heteroatoms. The predicted molar refractivity (Wildman–Crippen MR) is 70.2 cm³/mol. The quantitative estimate of drug-likeness (QED) is 0.817. The Morgan fingerprint density at radius 1 is 1.22 bits per heavy atom. The molecular weight excluding hydrogens is 224 g/mol. The van der Waals surface area contributed by atoms with Gasteiger partial charge in [-0.1, -0.05) is 0 Å². The molecule has 0 atom stereocenters. The molecule has 0 fully saturated rings. The molecule has 0 amide bonds. The van der Waals surface area contributed by atoms with Crippen LogP contribution in [0.3, 0.4) is 0 Å². The van der Waals surface area contributed by atoms with Crippen LogP contribution in [0.2, 0.25) is 0 Å². The van der Waals surface area contributed by atoms with Crippen molar-refractivity contribution in [3.05, 3.63) is 54.0 Å². The Balaban J connectivity index is 1.95. The third kappa shape index (κ3) is 3.05. The summed E-state index contributed by atoms with van der Waals surface area (Å²) in [6, 6.07) is 9.74. The average molecular weight is 238 g/mol. The molecular formula is C14H14N4. The minimum Gasteiger partial charge on any atom is -0.359 e. The van der Waals surface area contributed by atoms with Crippen LogP contribution < -0.4 is 4.90 Å². The standard InChI is InChI=1S/C14H14N4/c1-18(9-6-12-4-7-16-8-5-12)14-3-2-13(10-15)11-17-14/h2-5,7-8,11H,6,9H2,1H3. The molecule has 2 rings (SSSR count). The first-order valence-electron chi connectivity index (χ1n) is 5.76. The van der Waals surface area contributed by atoms with E-state index in [0.717, 1.165) is 18.8 Å². The van der Waals surface area contributed by atoms with Gasteiger partial charge in [0.25, 0.3) is 0 Å². The summed E-state index contributed by atoms with van der Waals surface area (Å²) in [5, 5.41) is 8.71. The van der Waals surface area contributed by atoms with Crippen LogP contribution in [0.4, 0.5) is 5.82 Å². The zero-order valence-corrected chi connectivity index (χ0v) is 10.2. The highest BCUT2D eigenvalue weighted by molar-refractivity contribution is 5.41. The molecule has 0 aromatic carbocycles. The van der Waals surface area contributed by atoms with Crippen molar-refractivity contribution in [3.63, 3.8) is 0 Å². The highest BCUT2D eigenvalue weighted by Crippen LogP contribution is 2.10. The van der Waals surface area contributed by atoms with Crippen molar-refractivity contribution in [1.29, 1.82) is 5.26 Å². The van der Waals surface area contributed by atoms with Gasteiger partial charge in [-0.25, -0.2) is 4.98 Å². The van der Waals surface area contributed by atoms with Crippen molar-refractivity contribution < 1.29 is 0 Å². The van der Waals surface area contributed by atoms with E-state index in [1.807, 2.05) is 25.2 Å². The van der Waals surface area contributed by atoms with Crippen LogP contribution in [0.5, 0.6) is 0 Å². The van der Waals surface area contributed by atoms with Crippen LogP contribution in [0.15, 0.2) is 42.9 Å². The van der Waals surface area contributed by atoms with Crippen molar-refractivity contribution in [2.45, 2.75) is 6.42 Å². The van der Waals surface area contributed by atoms with Gasteiger partial charge in [0.05, 0.1) is 5.56 Å². The van der Waals surface area contributed by atoms with Gasteiger partial charge in [-0.2, -0.15) is 5.26 Å². The van der Waals surface area contributed by atoms with Crippen molar-refractivity contribution in [2.24, 2.45) is 0 Å². The first-order chi connectivity index (χ1) is 8.79. The van der Waals surface area contributed by atoms with E-state index < -0.39 is 0 Å². The minimum absolute atomic E-state index is 0.585. The monoisotopic (exact) mass is 238 g/mol. The van der Waals surface area contributed by atoms with Gasteiger partial charge in [0.1, 0.15) is 11.9 Å². The van der Waals surface area contributed by atoms with E-state index in [2.05, 4.69) is 20.9 Å². The fourth-order valence-corrected chi connectivity index (χ4v) is 1.64. The number of rotatable bonds is 4. The third-order valence-electron chi connectivity index (χ3n) is 2.75. The summed E-state index contributed by atoms with van der Waals surface area (Å²) >= 11 is 0. The number of likely N-dealkylation sites (N-methyl/N-ethyl adjacent to an activating group) is 1. The molecule has 0 radical (unpaired) electrons. The summed E-state index contributed by atoms with van der Waals surface area (Å²) < 4.78 is 0. The second-order valence-corrected chi connectivity index (χ2v) is 4.04. The SMILES string of the molecule is CN(CCc1ccncc1)c1ccc(C#N)cn1. The molecule has 0 aliphatic carbocycles. The first-order valence-corrected chi connectivity index (χ1v) is 5.76. The number of aromatic nitrogens is 2. The lowest BCUT2D eigenvalue weighted by molar-refractivity contribution is 0.858. The molecule has 0 N–H and O–H groups in total. The number of anilines is 1. The van der Waals surface area contributed by atoms with Crippen LogP contribution in [-0.2, 0) is 6.42 Å². The molecule has 0 saturated heterocycles. The number of pyridine rings is 2. The Labute approximate surface area is 107 Å². The molecule has 0 bridgehead atoms. The van der Waals surface area contributed by atoms with E-state index in [-0.39, 0.29) is 0 Å². The minimum atomic E-state index is 0.585. The largest absolute Gasteiger partial charge is 0.359 e. The Morgan fingerprint density at radius 2 is 2.00 bits per heavy atom. The van der Waals surface area contributed by atoms with E-state index >= 15 is 0 Å².